The number of aliphatic hydroxyl groups excluding tert-OH is 1. The number of methoxy groups -OCH3 is 4. The quantitative estimate of drug-likeness (QED) is 0.441. The number of rotatable bonds is 9. The molecule has 3 aromatic rings. The van der Waals surface area contributed by atoms with E-state index in [1.54, 1.807) is 24.3 Å². The molecule has 0 atom stereocenters. The van der Waals surface area contributed by atoms with Crippen molar-refractivity contribution in [3.63, 3.8) is 0 Å². The van der Waals surface area contributed by atoms with Gasteiger partial charge in [0.25, 0.3) is 0 Å². The number of carbonyl (C=O) groups excluding carboxylic acids is 1. The van der Waals surface area contributed by atoms with E-state index < -0.39 is 0 Å². The van der Waals surface area contributed by atoms with Crippen molar-refractivity contribution in [2.24, 2.45) is 0 Å². The second-order valence-electron chi connectivity index (χ2n) is 6.39. The number of carbonyl (C=O) groups is 1. The van der Waals surface area contributed by atoms with Crippen LogP contribution in [0.2, 0.25) is 0 Å². The summed E-state index contributed by atoms with van der Waals surface area (Å²) in [6.45, 7) is -0.246. The zero-order chi connectivity index (χ0) is 22.4. The highest BCUT2D eigenvalue weighted by atomic mass is 35.5. The van der Waals surface area contributed by atoms with Crippen LogP contribution in [0.25, 0.3) is 22.5 Å². The lowest BCUT2D eigenvalue weighted by Crippen LogP contribution is -2.13. The average molecular weight is 465 g/mol. The number of benzene rings is 2. The molecule has 1 heterocycles. The summed E-state index contributed by atoms with van der Waals surface area (Å²) in [5.41, 5.74) is 3.05. The molecule has 0 bridgehead atoms. The summed E-state index contributed by atoms with van der Waals surface area (Å²) < 4.78 is 21.6. The number of nitrogens with one attached hydrogen (secondary N) is 2. The minimum Gasteiger partial charge on any atom is -0.495 e. The largest absolute Gasteiger partial charge is 0.495 e. The average Bonchev–Trinajstić information content (AvgIpc) is 3.28. The molecule has 3 N–H and O–H groups in total. The van der Waals surface area contributed by atoms with Gasteiger partial charge >= 0.3 is 0 Å². The van der Waals surface area contributed by atoms with Gasteiger partial charge in [0, 0.05) is 11.1 Å². The molecule has 2 aromatic carbocycles. The molecule has 0 aliphatic carbocycles. The zero-order valence-corrected chi connectivity index (χ0v) is 18.9. The number of anilines is 1. The van der Waals surface area contributed by atoms with Crippen molar-refractivity contribution >= 4 is 24.0 Å². The first-order chi connectivity index (χ1) is 15.1. The number of aromatic amines is 1. The number of amides is 1. The highest BCUT2D eigenvalue weighted by Gasteiger charge is 2.20. The maximum Gasteiger partial charge on any atom is 0.226 e. The van der Waals surface area contributed by atoms with Crippen molar-refractivity contribution in [2.45, 2.75) is 6.42 Å². The molecule has 1 aromatic heterocycles. The Morgan fingerprint density at radius 3 is 2.19 bits per heavy atom. The van der Waals surface area contributed by atoms with Crippen molar-refractivity contribution in [3.05, 3.63) is 30.3 Å². The van der Waals surface area contributed by atoms with Gasteiger partial charge in [0.15, 0.2) is 11.5 Å². The van der Waals surface area contributed by atoms with E-state index in [1.165, 1.54) is 28.4 Å². The summed E-state index contributed by atoms with van der Waals surface area (Å²) in [5, 5.41) is 22.8. The van der Waals surface area contributed by atoms with Gasteiger partial charge in [-0.25, -0.2) is 0 Å². The lowest BCUT2D eigenvalue weighted by Gasteiger charge is -2.14. The van der Waals surface area contributed by atoms with Crippen molar-refractivity contribution in [1.82, 2.24) is 15.4 Å². The van der Waals surface area contributed by atoms with Gasteiger partial charge < -0.3 is 29.4 Å². The molecule has 0 saturated carbocycles. The first-order valence-electron chi connectivity index (χ1n) is 9.36. The Bertz CT molecular complexity index is 1050. The van der Waals surface area contributed by atoms with E-state index in [0.29, 0.717) is 51.2 Å². The van der Waals surface area contributed by atoms with E-state index in [9.17, 15) is 4.79 Å². The van der Waals surface area contributed by atoms with Gasteiger partial charge in [0.05, 0.1) is 52.8 Å². The molecule has 172 valence electrons. The van der Waals surface area contributed by atoms with Crippen molar-refractivity contribution in [3.8, 4) is 45.5 Å². The standard InChI is InChI=1S/C21H24N4O6.ClH/c1-28-15-6-5-12(9-14(15)22-18(27)7-8-26)19-20(24-25-23-19)13-10-16(29-2)21(31-4)17(11-13)30-3;/h5-6,9-11,26H,7-8H2,1-4H3,(H,22,27)(H,23,24,25);1H. The summed E-state index contributed by atoms with van der Waals surface area (Å²) in [5.74, 6) is 1.59. The van der Waals surface area contributed by atoms with Crippen LogP contribution >= 0.6 is 12.4 Å². The lowest BCUT2D eigenvalue weighted by molar-refractivity contribution is -0.116. The third-order valence-corrected chi connectivity index (χ3v) is 4.59. The summed E-state index contributed by atoms with van der Waals surface area (Å²) in [6, 6.07) is 8.83. The Balaban J connectivity index is 0.00000363. The Labute approximate surface area is 191 Å². The summed E-state index contributed by atoms with van der Waals surface area (Å²) in [7, 11) is 6.12. The van der Waals surface area contributed by atoms with Crippen LogP contribution < -0.4 is 24.3 Å². The first kappa shape index (κ1) is 24.8. The maximum atomic E-state index is 12.0. The second kappa shape index (κ2) is 11.2. The smallest absolute Gasteiger partial charge is 0.226 e. The van der Waals surface area contributed by atoms with Crippen LogP contribution in [-0.4, -0.2) is 61.5 Å². The van der Waals surface area contributed by atoms with Gasteiger partial charge in [-0.1, -0.05) is 5.21 Å². The Morgan fingerprint density at radius 1 is 0.969 bits per heavy atom. The molecule has 11 heteroatoms. The Hall–Kier alpha value is -3.50. The summed E-state index contributed by atoms with van der Waals surface area (Å²) in [6.07, 6.45) is -0.0182. The zero-order valence-electron chi connectivity index (χ0n) is 18.1. The highest BCUT2D eigenvalue weighted by Crippen LogP contribution is 2.42. The fraction of sp³-hybridized carbons (Fsp3) is 0.286. The lowest BCUT2D eigenvalue weighted by atomic mass is 10.0. The highest BCUT2D eigenvalue weighted by molar-refractivity contribution is 5.93. The number of aliphatic hydroxyl groups is 1. The van der Waals surface area contributed by atoms with Crippen LogP contribution in [0.3, 0.4) is 0 Å². The van der Waals surface area contributed by atoms with Crippen LogP contribution in [0.5, 0.6) is 23.0 Å². The predicted molar refractivity (Wildman–Crippen MR) is 121 cm³/mol. The minimum absolute atomic E-state index is 0. The number of aromatic nitrogens is 3. The van der Waals surface area contributed by atoms with E-state index in [2.05, 4.69) is 20.7 Å². The number of halogens is 1. The summed E-state index contributed by atoms with van der Waals surface area (Å²) >= 11 is 0. The molecule has 0 spiro atoms. The number of hydrogen-bond acceptors (Lipinski definition) is 8. The molecular weight excluding hydrogens is 440 g/mol. The van der Waals surface area contributed by atoms with Crippen LogP contribution in [0.4, 0.5) is 5.69 Å². The van der Waals surface area contributed by atoms with Crippen molar-refractivity contribution in [1.29, 1.82) is 0 Å². The van der Waals surface area contributed by atoms with Crippen LogP contribution in [0.15, 0.2) is 30.3 Å². The Kier molecular flexibility index (Phi) is 8.68. The molecule has 1 amide bonds. The fourth-order valence-electron chi connectivity index (χ4n) is 3.12. The number of nitrogens with zero attached hydrogens (tertiary/aromatic N) is 2. The number of hydrogen-bond donors (Lipinski definition) is 3. The van der Waals surface area contributed by atoms with E-state index in [4.69, 9.17) is 24.1 Å². The SMILES string of the molecule is COc1ccc(-c2[nH]nnc2-c2cc(OC)c(OC)c(OC)c2)cc1NC(=O)CCO.Cl. The topological polar surface area (TPSA) is 128 Å². The van der Waals surface area contributed by atoms with E-state index in [1.807, 2.05) is 6.07 Å². The van der Waals surface area contributed by atoms with Crippen LogP contribution in [-0.2, 0) is 4.79 Å². The van der Waals surface area contributed by atoms with E-state index >= 15 is 0 Å². The minimum atomic E-state index is -0.328. The van der Waals surface area contributed by atoms with Gasteiger partial charge in [-0.15, -0.1) is 17.5 Å². The maximum absolute atomic E-state index is 12.0. The van der Waals surface area contributed by atoms with Crippen molar-refractivity contribution < 1.29 is 28.8 Å². The molecule has 0 saturated heterocycles. The molecule has 0 aliphatic rings. The van der Waals surface area contributed by atoms with E-state index in [-0.39, 0.29) is 31.3 Å². The number of H-pyrrole nitrogens is 1. The van der Waals surface area contributed by atoms with Gasteiger partial charge in [-0.05, 0) is 30.3 Å². The van der Waals surface area contributed by atoms with Gasteiger partial charge in [0.2, 0.25) is 11.7 Å². The normalized spacial score (nSPS) is 10.2. The first-order valence-corrected chi connectivity index (χ1v) is 9.36. The second-order valence-corrected chi connectivity index (χ2v) is 6.39. The van der Waals surface area contributed by atoms with Crippen LogP contribution in [0, 0.1) is 0 Å². The third-order valence-electron chi connectivity index (χ3n) is 4.59. The molecule has 32 heavy (non-hydrogen) atoms. The summed E-state index contributed by atoms with van der Waals surface area (Å²) in [4.78, 5) is 12.0. The van der Waals surface area contributed by atoms with Gasteiger partial charge in [-0.2, -0.15) is 0 Å². The molecular formula is C21H25ClN4O6. The molecule has 0 radical (unpaired) electrons. The predicted octanol–water partition coefficient (Wildman–Crippen LogP) is 2.92. The third kappa shape index (κ3) is 5.04. The molecule has 10 nitrogen and oxygen atoms in total. The van der Waals surface area contributed by atoms with E-state index in [0.717, 1.165) is 0 Å². The number of ether oxygens (including phenoxy) is 4. The van der Waals surface area contributed by atoms with Gasteiger partial charge in [0.1, 0.15) is 11.4 Å². The molecule has 3 rings (SSSR count). The molecule has 0 aliphatic heterocycles. The molecule has 0 unspecified atom stereocenters. The van der Waals surface area contributed by atoms with Crippen LogP contribution in [0.1, 0.15) is 6.42 Å². The fourth-order valence-corrected chi connectivity index (χ4v) is 3.12. The van der Waals surface area contributed by atoms with Crippen molar-refractivity contribution in [2.75, 3.05) is 40.4 Å². The van der Waals surface area contributed by atoms with Gasteiger partial charge in [-0.3, -0.25) is 9.89 Å². The monoisotopic (exact) mass is 464 g/mol. The Morgan fingerprint density at radius 2 is 1.62 bits per heavy atom. The molecule has 0 fully saturated rings.